The van der Waals surface area contributed by atoms with Crippen LogP contribution in [0.4, 0.5) is 17.1 Å². The number of anilines is 3. The number of fused-ring (bicyclic) bond motifs is 1. The predicted molar refractivity (Wildman–Crippen MR) is 199 cm³/mol. The number of hydrogen-bond acceptors (Lipinski definition) is 1. The van der Waals surface area contributed by atoms with Gasteiger partial charge in [0.1, 0.15) is 0 Å². The first-order valence-electron chi connectivity index (χ1n) is 16.1. The van der Waals surface area contributed by atoms with Crippen LogP contribution in [0.5, 0.6) is 0 Å². The quantitative estimate of drug-likeness (QED) is 0.170. The van der Waals surface area contributed by atoms with E-state index in [1.807, 2.05) is 0 Å². The Morgan fingerprint density at radius 3 is 1.41 bits per heavy atom. The number of aryl methyl sites for hydroxylation is 1. The molecule has 0 bridgehead atoms. The summed E-state index contributed by atoms with van der Waals surface area (Å²) in [6.45, 7) is 4.38. The molecular weight excluding hydrogens is 555 g/mol. The van der Waals surface area contributed by atoms with Crippen LogP contribution in [0.15, 0.2) is 170 Å². The van der Waals surface area contributed by atoms with Crippen molar-refractivity contribution in [3.05, 3.63) is 181 Å². The van der Waals surface area contributed by atoms with E-state index in [0.29, 0.717) is 0 Å². The lowest BCUT2D eigenvalue weighted by Gasteiger charge is -2.26. The summed E-state index contributed by atoms with van der Waals surface area (Å²) in [4.78, 5) is 2.34. The molecule has 0 aromatic heterocycles. The van der Waals surface area contributed by atoms with Gasteiger partial charge in [0.25, 0.3) is 0 Å². The van der Waals surface area contributed by atoms with E-state index in [1.165, 1.54) is 55.3 Å². The summed E-state index contributed by atoms with van der Waals surface area (Å²) >= 11 is 0. The zero-order valence-electron chi connectivity index (χ0n) is 26.4. The van der Waals surface area contributed by atoms with Gasteiger partial charge in [-0.05, 0) is 105 Å². The highest BCUT2D eigenvalue weighted by Crippen LogP contribution is 2.39. The number of hydrogen-bond donors (Lipinski definition) is 0. The Hall–Kier alpha value is -5.66. The van der Waals surface area contributed by atoms with Gasteiger partial charge in [-0.25, -0.2) is 0 Å². The van der Waals surface area contributed by atoms with Crippen molar-refractivity contribution in [1.29, 1.82) is 0 Å². The van der Waals surface area contributed by atoms with E-state index in [9.17, 15) is 0 Å². The highest BCUT2D eigenvalue weighted by molar-refractivity contribution is 6.01. The third-order valence-corrected chi connectivity index (χ3v) is 8.74. The summed E-state index contributed by atoms with van der Waals surface area (Å²) in [5, 5.41) is 2.58. The van der Waals surface area contributed by atoms with Crippen LogP contribution in [-0.4, -0.2) is 0 Å². The first kappa shape index (κ1) is 29.1. The molecule has 0 spiro atoms. The average Bonchev–Trinajstić information content (AvgIpc) is 3.13. The fraction of sp³-hybridized carbons (Fsp3) is 0.0667. The molecule has 46 heavy (non-hydrogen) atoms. The second-order valence-electron chi connectivity index (χ2n) is 11.7. The molecule has 0 N–H and O–H groups in total. The molecular formula is C45H37N. The van der Waals surface area contributed by atoms with Crippen molar-refractivity contribution in [3.63, 3.8) is 0 Å². The van der Waals surface area contributed by atoms with E-state index >= 15 is 0 Å². The molecule has 0 heterocycles. The van der Waals surface area contributed by atoms with Crippen molar-refractivity contribution in [2.24, 2.45) is 0 Å². The van der Waals surface area contributed by atoms with Gasteiger partial charge >= 0.3 is 0 Å². The second-order valence-corrected chi connectivity index (χ2v) is 11.7. The summed E-state index contributed by atoms with van der Waals surface area (Å²) in [5.74, 6) is 0. The molecule has 0 atom stereocenters. The Morgan fingerprint density at radius 2 is 0.913 bits per heavy atom. The second kappa shape index (κ2) is 13.1. The van der Waals surface area contributed by atoms with Crippen molar-refractivity contribution in [2.75, 3.05) is 4.90 Å². The van der Waals surface area contributed by atoms with Crippen LogP contribution in [0.1, 0.15) is 24.5 Å². The summed E-state index contributed by atoms with van der Waals surface area (Å²) < 4.78 is 0. The minimum atomic E-state index is 1.03. The molecule has 0 saturated carbocycles. The maximum atomic E-state index is 2.34. The molecule has 1 nitrogen and oxygen atoms in total. The molecule has 0 fully saturated rings. The molecule has 0 saturated heterocycles. The number of nitrogens with zero attached hydrogens (tertiary/aromatic N) is 1. The van der Waals surface area contributed by atoms with Crippen molar-refractivity contribution in [3.8, 4) is 33.4 Å². The van der Waals surface area contributed by atoms with Gasteiger partial charge in [-0.15, -0.1) is 0 Å². The molecule has 222 valence electrons. The van der Waals surface area contributed by atoms with Crippen molar-refractivity contribution in [1.82, 2.24) is 0 Å². The van der Waals surface area contributed by atoms with Crippen molar-refractivity contribution < 1.29 is 0 Å². The first-order valence-corrected chi connectivity index (χ1v) is 16.1. The number of rotatable bonds is 8. The number of benzene rings is 7. The van der Waals surface area contributed by atoms with E-state index < -0.39 is 0 Å². The SMILES string of the molecule is CC/C=C\c1c(C)ccc2c(-c3ccc(N(c4ccc(-c5ccccc5)cc4)c4ccc(-c5ccccc5)cc4)cc3)cccc12. The Labute approximate surface area is 272 Å². The summed E-state index contributed by atoms with van der Waals surface area (Å²) in [7, 11) is 0. The van der Waals surface area contributed by atoms with E-state index in [-0.39, 0.29) is 0 Å². The highest BCUT2D eigenvalue weighted by atomic mass is 15.1. The lowest BCUT2D eigenvalue weighted by molar-refractivity contribution is 1.23. The molecule has 1 heteroatoms. The minimum Gasteiger partial charge on any atom is -0.311 e. The predicted octanol–water partition coefficient (Wildman–Crippen LogP) is 13.0. The van der Waals surface area contributed by atoms with Crippen LogP contribution < -0.4 is 4.90 Å². The fourth-order valence-corrected chi connectivity index (χ4v) is 6.30. The summed E-state index contributed by atoms with van der Waals surface area (Å²) in [6.07, 6.45) is 5.54. The fourth-order valence-electron chi connectivity index (χ4n) is 6.30. The van der Waals surface area contributed by atoms with E-state index in [4.69, 9.17) is 0 Å². The zero-order valence-corrected chi connectivity index (χ0v) is 26.4. The lowest BCUT2D eigenvalue weighted by atomic mass is 9.93. The normalized spacial score (nSPS) is 11.3. The largest absolute Gasteiger partial charge is 0.311 e. The summed E-state index contributed by atoms with van der Waals surface area (Å²) in [6, 6.07) is 59.0. The van der Waals surface area contributed by atoms with Gasteiger partial charge in [0.2, 0.25) is 0 Å². The van der Waals surface area contributed by atoms with Crippen LogP contribution in [-0.2, 0) is 0 Å². The van der Waals surface area contributed by atoms with E-state index in [0.717, 1.165) is 23.5 Å². The molecule has 7 rings (SSSR count). The third-order valence-electron chi connectivity index (χ3n) is 8.74. The van der Waals surface area contributed by atoms with Gasteiger partial charge < -0.3 is 4.90 Å². The standard InChI is InChI=1S/C45H37N/c1-3-4-16-42-33(2)19-32-45-43(17-11-18-44(42)45)38-24-30-41(31-25-38)46(39-26-20-36(21-27-39)34-12-7-5-8-13-34)40-28-22-37(23-29-40)35-14-9-6-10-15-35/h4-32H,3H2,1-2H3/b16-4-. The molecule has 0 amide bonds. The van der Waals surface area contributed by atoms with Crippen LogP contribution in [0.3, 0.4) is 0 Å². The smallest absolute Gasteiger partial charge is 0.0462 e. The van der Waals surface area contributed by atoms with Gasteiger partial charge in [-0.2, -0.15) is 0 Å². The molecule has 7 aromatic rings. The van der Waals surface area contributed by atoms with Crippen LogP contribution in [0.25, 0.3) is 50.2 Å². The third kappa shape index (κ3) is 5.88. The maximum Gasteiger partial charge on any atom is 0.0462 e. The van der Waals surface area contributed by atoms with Gasteiger partial charge in [0.15, 0.2) is 0 Å². The maximum absolute atomic E-state index is 2.34. The molecule has 0 aliphatic heterocycles. The first-order chi connectivity index (χ1) is 22.7. The Balaban J connectivity index is 1.28. The van der Waals surface area contributed by atoms with Gasteiger partial charge in [0, 0.05) is 17.1 Å². The monoisotopic (exact) mass is 591 g/mol. The van der Waals surface area contributed by atoms with Crippen LogP contribution in [0.2, 0.25) is 0 Å². The van der Waals surface area contributed by atoms with Gasteiger partial charge in [-0.1, -0.05) is 146 Å². The van der Waals surface area contributed by atoms with Crippen LogP contribution in [0, 0.1) is 6.92 Å². The van der Waals surface area contributed by atoms with Crippen molar-refractivity contribution >= 4 is 33.9 Å². The van der Waals surface area contributed by atoms with Gasteiger partial charge in [0.05, 0.1) is 0 Å². The summed E-state index contributed by atoms with van der Waals surface area (Å²) in [5.41, 5.74) is 13.3. The molecule has 0 aliphatic rings. The number of allylic oxidation sites excluding steroid dienone is 1. The van der Waals surface area contributed by atoms with Gasteiger partial charge in [-0.3, -0.25) is 0 Å². The van der Waals surface area contributed by atoms with E-state index in [2.05, 4.69) is 195 Å². The molecule has 0 radical (unpaired) electrons. The van der Waals surface area contributed by atoms with Crippen molar-refractivity contribution in [2.45, 2.75) is 20.3 Å². The molecule has 0 aliphatic carbocycles. The molecule has 7 aromatic carbocycles. The highest BCUT2D eigenvalue weighted by Gasteiger charge is 2.15. The topological polar surface area (TPSA) is 3.24 Å². The average molecular weight is 592 g/mol. The Kier molecular flexibility index (Phi) is 8.30. The lowest BCUT2D eigenvalue weighted by Crippen LogP contribution is -2.09. The van der Waals surface area contributed by atoms with Crippen LogP contribution >= 0.6 is 0 Å². The molecule has 0 unspecified atom stereocenters. The minimum absolute atomic E-state index is 1.03. The zero-order chi connectivity index (χ0) is 31.3. The van der Waals surface area contributed by atoms with E-state index in [1.54, 1.807) is 0 Å². The Morgan fingerprint density at radius 1 is 0.435 bits per heavy atom. The Bertz CT molecular complexity index is 2010.